The number of hydrogen-bond donors (Lipinski definition) is 12. The van der Waals surface area contributed by atoms with E-state index in [4.69, 9.17) is 40.9 Å². The van der Waals surface area contributed by atoms with Crippen molar-refractivity contribution in [1.82, 2.24) is 0 Å². The van der Waals surface area contributed by atoms with Gasteiger partial charge < -0.3 is 86.8 Å². The molecule has 0 spiro atoms. The Kier molecular flexibility index (Phi) is 10.9. The molecule has 2 aromatic carbocycles. The van der Waals surface area contributed by atoms with Gasteiger partial charge in [-0.2, -0.15) is 5.11 Å². The first kappa shape index (κ1) is 38.1. The van der Waals surface area contributed by atoms with Gasteiger partial charge in [0.1, 0.15) is 42.7 Å². The van der Waals surface area contributed by atoms with Crippen LogP contribution in [0.5, 0.6) is 0 Å². The van der Waals surface area contributed by atoms with Gasteiger partial charge in [-0.1, -0.05) is 24.3 Å². The van der Waals surface area contributed by atoms with E-state index in [2.05, 4.69) is 10.2 Å². The zero-order chi connectivity index (χ0) is 37.0. The van der Waals surface area contributed by atoms with E-state index >= 15 is 0 Å². The topological polar surface area (TPSA) is 331 Å². The molecule has 2 bridgehead atoms. The summed E-state index contributed by atoms with van der Waals surface area (Å²) in [6, 6.07) is 7.33. The summed E-state index contributed by atoms with van der Waals surface area (Å²) in [7, 11) is 0. The van der Waals surface area contributed by atoms with Crippen LogP contribution in [0.2, 0.25) is 0 Å². The van der Waals surface area contributed by atoms with Crippen molar-refractivity contribution in [3.8, 4) is 11.1 Å². The highest BCUT2D eigenvalue weighted by Gasteiger charge is 2.67. The Morgan fingerprint density at radius 2 is 1.41 bits per heavy atom. The minimum atomic E-state index is -2.53. The summed E-state index contributed by atoms with van der Waals surface area (Å²) < 4.78 is 28.8. The average Bonchev–Trinajstić information content (AvgIpc) is 3.50. The Labute approximate surface area is 291 Å². The summed E-state index contributed by atoms with van der Waals surface area (Å²) in [6.07, 6.45) is -17.4. The number of aliphatic hydroxyl groups excluding tert-OH is 8. The molecule has 15 N–H and O–H groups in total. The number of hydrogen-bond acceptors (Lipinski definition) is 19. The Bertz CT molecular complexity index is 1550. The summed E-state index contributed by atoms with van der Waals surface area (Å²) in [5.74, 6) is 0. The monoisotopic (exact) mass is 723 g/mol. The number of benzene rings is 2. The minimum Gasteiger partial charge on any atom is -0.394 e. The van der Waals surface area contributed by atoms with E-state index in [1.54, 1.807) is 24.3 Å². The normalized spacial score (nSPS) is 43.0. The number of nitrogens with zero attached hydrogens (tertiary/aromatic N) is 2. The van der Waals surface area contributed by atoms with Gasteiger partial charge >= 0.3 is 0 Å². The van der Waals surface area contributed by atoms with E-state index in [0.717, 1.165) is 5.56 Å². The number of azo groups is 1. The molecule has 3 fully saturated rings. The lowest BCUT2D eigenvalue weighted by atomic mass is 9.67. The molecule has 19 heteroatoms. The molecule has 4 aliphatic heterocycles. The molecule has 0 amide bonds. The number of ether oxygens (including phenoxy) is 5. The highest BCUT2D eigenvalue weighted by Crippen LogP contribution is 2.48. The van der Waals surface area contributed by atoms with Crippen molar-refractivity contribution in [3.63, 3.8) is 0 Å². The standard InChI is InChI=1S/C32H45N5O14/c1-12(41)31(11-40)32(46,14-4-2-13(3-5-14)16-7-6-15-8-17(16)37-36-15)27(44)22(35)30(51-31)50-26-19(10-39)48-29(21(34)24(26)43)49-25-18(9-38)47-28(45)20(33)23(25)42/h2-8,12,18-30,38-46H,9-11,33-35H2,1H3/t12?,18-,19-,20-,21-,22-,23-,24-,25?,26?,27-,28-,29+,30+,31-,32+/m1/s1. The van der Waals surface area contributed by atoms with E-state index in [-0.39, 0.29) is 5.56 Å². The number of nitrogens with two attached hydrogens (primary N) is 3. The van der Waals surface area contributed by atoms with Gasteiger partial charge in [0.2, 0.25) is 0 Å². The van der Waals surface area contributed by atoms with Crippen molar-refractivity contribution in [2.45, 2.75) is 104 Å². The zero-order valence-electron chi connectivity index (χ0n) is 27.4. The van der Waals surface area contributed by atoms with E-state index in [9.17, 15) is 46.0 Å². The summed E-state index contributed by atoms with van der Waals surface area (Å²) >= 11 is 0. The maximum absolute atomic E-state index is 12.2. The van der Waals surface area contributed by atoms with Gasteiger partial charge in [-0.3, -0.25) is 0 Å². The number of fused-ring (bicyclic) bond motifs is 2. The molecule has 16 atom stereocenters. The van der Waals surface area contributed by atoms with Crippen LogP contribution in [0.4, 0.5) is 11.4 Å². The first-order valence-corrected chi connectivity index (χ1v) is 16.4. The summed E-state index contributed by atoms with van der Waals surface area (Å²) in [5.41, 5.74) is 16.4. The highest BCUT2D eigenvalue weighted by molar-refractivity contribution is 5.79. The third-order valence-corrected chi connectivity index (χ3v) is 10.3. The molecular weight excluding hydrogens is 678 g/mol. The molecule has 0 aliphatic carbocycles. The fourth-order valence-corrected chi connectivity index (χ4v) is 7.18. The van der Waals surface area contributed by atoms with Gasteiger partial charge in [0, 0.05) is 5.56 Å². The largest absolute Gasteiger partial charge is 0.394 e. The molecule has 282 valence electrons. The van der Waals surface area contributed by atoms with Crippen LogP contribution < -0.4 is 17.2 Å². The van der Waals surface area contributed by atoms with Crippen LogP contribution in [-0.2, 0) is 29.3 Å². The van der Waals surface area contributed by atoms with Crippen LogP contribution in [-0.4, -0.2) is 157 Å². The number of rotatable bonds is 10. The van der Waals surface area contributed by atoms with E-state index in [1.165, 1.54) is 19.1 Å². The van der Waals surface area contributed by atoms with Crippen molar-refractivity contribution in [2.75, 3.05) is 19.8 Å². The molecule has 4 aliphatic rings. The second-order valence-corrected chi connectivity index (χ2v) is 13.3. The third kappa shape index (κ3) is 6.30. The second kappa shape index (κ2) is 14.6. The smallest absolute Gasteiger partial charge is 0.176 e. The van der Waals surface area contributed by atoms with Crippen LogP contribution in [0.25, 0.3) is 11.1 Å². The van der Waals surface area contributed by atoms with Gasteiger partial charge in [-0.25, -0.2) is 0 Å². The van der Waals surface area contributed by atoms with Crippen LogP contribution >= 0.6 is 0 Å². The Morgan fingerprint density at radius 1 is 0.804 bits per heavy atom. The lowest BCUT2D eigenvalue weighted by Crippen LogP contribution is -2.77. The molecule has 0 saturated carbocycles. The lowest BCUT2D eigenvalue weighted by Gasteiger charge is -2.57. The average molecular weight is 724 g/mol. The Morgan fingerprint density at radius 3 is 2.02 bits per heavy atom. The molecule has 3 saturated heterocycles. The summed E-state index contributed by atoms with van der Waals surface area (Å²) in [4.78, 5) is 0. The van der Waals surface area contributed by atoms with Crippen molar-refractivity contribution in [1.29, 1.82) is 0 Å². The predicted molar refractivity (Wildman–Crippen MR) is 172 cm³/mol. The van der Waals surface area contributed by atoms with Crippen LogP contribution in [0.1, 0.15) is 12.5 Å². The first-order chi connectivity index (χ1) is 24.2. The van der Waals surface area contributed by atoms with E-state index in [0.29, 0.717) is 16.9 Å². The van der Waals surface area contributed by atoms with Gasteiger partial charge in [0.05, 0.1) is 55.4 Å². The lowest BCUT2D eigenvalue weighted by molar-refractivity contribution is -0.391. The number of aliphatic hydroxyl groups is 9. The maximum atomic E-state index is 12.2. The van der Waals surface area contributed by atoms with Gasteiger partial charge in [-0.15, -0.1) is 5.11 Å². The van der Waals surface area contributed by atoms with Crippen LogP contribution in [0, 0.1) is 0 Å². The molecule has 0 aromatic heterocycles. The molecule has 3 unspecified atom stereocenters. The third-order valence-electron chi connectivity index (χ3n) is 10.3. The Balaban J connectivity index is 1.23. The van der Waals surface area contributed by atoms with Crippen LogP contribution in [0.3, 0.4) is 0 Å². The fourth-order valence-electron chi connectivity index (χ4n) is 7.18. The fraction of sp³-hybridized carbons (Fsp3) is 0.625. The van der Waals surface area contributed by atoms with E-state index < -0.39 is 117 Å². The van der Waals surface area contributed by atoms with Crippen molar-refractivity contribution in [2.24, 2.45) is 27.4 Å². The SMILES string of the molecule is CC(O)[C@@]1(CO)O[C@H](OC2[C@@H](CO)O[C@@H](OC3[C@@H](CO)O[C@@H](O)[C@H](N)[C@H]3O)[C@H](N)[C@H]2O)[C@H](N)[C@@H](O)[C@@]1(O)c1ccc(-c2ccc3cc2N=N3)cc1. The molecule has 0 radical (unpaired) electrons. The molecule has 2 aromatic rings. The second-order valence-electron chi connectivity index (χ2n) is 13.3. The molecular formula is C32H45N5O14. The quantitative estimate of drug-likeness (QED) is 0.0948. The Hall–Kier alpha value is -2.64. The molecule has 51 heavy (non-hydrogen) atoms. The van der Waals surface area contributed by atoms with Gasteiger partial charge in [-0.05, 0) is 36.2 Å². The molecule has 4 heterocycles. The van der Waals surface area contributed by atoms with Crippen molar-refractivity contribution in [3.05, 3.63) is 48.0 Å². The van der Waals surface area contributed by atoms with Gasteiger partial charge in [0.15, 0.2) is 30.1 Å². The molecule has 6 rings (SSSR count). The van der Waals surface area contributed by atoms with E-state index in [1.807, 2.05) is 6.07 Å². The summed E-state index contributed by atoms with van der Waals surface area (Å²) in [5, 5.41) is 106. The highest BCUT2D eigenvalue weighted by atomic mass is 16.7. The van der Waals surface area contributed by atoms with Gasteiger partial charge in [0.25, 0.3) is 0 Å². The minimum absolute atomic E-state index is 0.0378. The van der Waals surface area contributed by atoms with Crippen LogP contribution in [0.15, 0.2) is 52.7 Å². The predicted octanol–water partition coefficient (Wildman–Crippen LogP) is -4.00. The first-order valence-electron chi connectivity index (χ1n) is 16.4. The molecule has 19 nitrogen and oxygen atoms in total. The zero-order valence-corrected chi connectivity index (χ0v) is 27.4. The maximum Gasteiger partial charge on any atom is 0.176 e. The van der Waals surface area contributed by atoms with Crippen molar-refractivity contribution < 1.29 is 69.6 Å². The van der Waals surface area contributed by atoms with Crippen molar-refractivity contribution >= 4 is 11.4 Å². The summed E-state index contributed by atoms with van der Waals surface area (Å²) in [6.45, 7) is -1.31.